The van der Waals surface area contributed by atoms with E-state index in [2.05, 4.69) is 72.2 Å². The highest BCUT2D eigenvalue weighted by atomic mass is 79.9. The standard InChI is InChI=1S/C15H20BrN3/c1-11-5-6-13(16)14(9-11)19-8-7-12(18-19)10-17-15(2,3)4/h5-9,17H,10H2,1-4H3. The zero-order valence-corrected chi connectivity index (χ0v) is 13.5. The molecule has 0 aliphatic heterocycles. The fraction of sp³-hybridized carbons (Fsp3) is 0.400. The molecule has 19 heavy (non-hydrogen) atoms. The Kier molecular flexibility index (Phi) is 4.11. The lowest BCUT2D eigenvalue weighted by Gasteiger charge is -2.19. The summed E-state index contributed by atoms with van der Waals surface area (Å²) in [5.41, 5.74) is 3.45. The first kappa shape index (κ1) is 14.3. The van der Waals surface area contributed by atoms with Crippen molar-refractivity contribution in [1.82, 2.24) is 15.1 Å². The summed E-state index contributed by atoms with van der Waals surface area (Å²) in [6.45, 7) is 9.32. The lowest BCUT2D eigenvalue weighted by molar-refractivity contribution is 0.420. The molecule has 102 valence electrons. The van der Waals surface area contributed by atoms with Crippen LogP contribution >= 0.6 is 15.9 Å². The summed E-state index contributed by atoms with van der Waals surface area (Å²) >= 11 is 3.57. The molecular formula is C15H20BrN3. The van der Waals surface area contributed by atoms with Gasteiger partial charge in [-0.1, -0.05) is 6.07 Å². The van der Waals surface area contributed by atoms with Gasteiger partial charge in [-0.3, -0.25) is 0 Å². The maximum absolute atomic E-state index is 4.61. The van der Waals surface area contributed by atoms with Crippen molar-refractivity contribution in [3.8, 4) is 5.69 Å². The van der Waals surface area contributed by atoms with Gasteiger partial charge in [0.15, 0.2) is 0 Å². The molecule has 0 saturated heterocycles. The third-order valence-corrected chi connectivity index (χ3v) is 3.46. The van der Waals surface area contributed by atoms with Gasteiger partial charge in [-0.2, -0.15) is 5.10 Å². The smallest absolute Gasteiger partial charge is 0.0790 e. The first-order chi connectivity index (χ1) is 8.85. The quantitative estimate of drug-likeness (QED) is 0.931. The number of hydrogen-bond donors (Lipinski definition) is 1. The summed E-state index contributed by atoms with van der Waals surface area (Å²) in [7, 11) is 0. The molecule has 0 aliphatic carbocycles. The summed E-state index contributed by atoms with van der Waals surface area (Å²) in [4.78, 5) is 0. The van der Waals surface area contributed by atoms with Crippen molar-refractivity contribution in [2.75, 3.05) is 0 Å². The van der Waals surface area contributed by atoms with E-state index in [1.54, 1.807) is 0 Å². The average Bonchev–Trinajstić information content (AvgIpc) is 2.77. The van der Waals surface area contributed by atoms with Gasteiger partial charge in [0.1, 0.15) is 0 Å². The molecule has 2 aromatic rings. The van der Waals surface area contributed by atoms with Gasteiger partial charge in [-0.25, -0.2) is 4.68 Å². The number of nitrogens with zero attached hydrogens (tertiary/aromatic N) is 2. The minimum absolute atomic E-state index is 0.105. The van der Waals surface area contributed by atoms with Gasteiger partial charge in [0.25, 0.3) is 0 Å². The Morgan fingerprint density at radius 3 is 2.68 bits per heavy atom. The highest BCUT2D eigenvalue weighted by Crippen LogP contribution is 2.21. The molecule has 1 heterocycles. The molecule has 0 saturated carbocycles. The van der Waals surface area contributed by atoms with Gasteiger partial charge in [-0.15, -0.1) is 0 Å². The van der Waals surface area contributed by atoms with Crippen molar-refractivity contribution in [2.45, 2.75) is 39.8 Å². The normalized spacial score (nSPS) is 11.8. The zero-order valence-electron chi connectivity index (χ0n) is 11.9. The van der Waals surface area contributed by atoms with Crippen LogP contribution in [-0.4, -0.2) is 15.3 Å². The second kappa shape index (κ2) is 5.47. The molecule has 1 aromatic heterocycles. The summed E-state index contributed by atoms with van der Waals surface area (Å²) in [6.07, 6.45) is 2.00. The van der Waals surface area contributed by atoms with Crippen LogP contribution < -0.4 is 5.32 Å². The third-order valence-electron chi connectivity index (χ3n) is 2.79. The van der Waals surface area contributed by atoms with Gasteiger partial charge >= 0.3 is 0 Å². The van der Waals surface area contributed by atoms with Crippen molar-refractivity contribution in [3.63, 3.8) is 0 Å². The van der Waals surface area contributed by atoms with Gasteiger partial charge in [0.05, 0.1) is 11.4 Å². The molecule has 0 bridgehead atoms. The minimum atomic E-state index is 0.105. The molecular weight excluding hydrogens is 302 g/mol. The minimum Gasteiger partial charge on any atom is -0.306 e. The van der Waals surface area contributed by atoms with Crippen molar-refractivity contribution in [2.24, 2.45) is 0 Å². The molecule has 3 nitrogen and oxygen atoms in total. The number of rotatable bonds is 3. The van der Waals surface area contributed by atoms with Crippen molar-refractivity contribution in [1.29, 1.82) is 0 Å². The fourth-order valence-corrected chi connectivity index (χ4v) is 2.17. The maximum atomic E-state index is 4.61. The largest absolute Gasteiger partial charge is 0.306 e. The molecule has 1 N–H and O–H groups in total. The second-order valence-electron chi connectivity index (χ2n) is 5.81. The van der Waals surface area contributed by atoms with Crippen LogP contribution in [0.2, 0.25) is 0 Å². The second-order valence-corrected chi connectivity index (χ2v) is 6.66. The number of aromatic nitrogens is 2. The summed E-state index contributed by atoms with van der Waals surface area (Å²) in [5, 5.41) is 8.05. The number of halogens is 1. The van der Waals surface area contributed by atoms with Crippen molar-refractivity contribution in [3.05, 3.63) is 46.2 Å². The molecule has 0 fully saturated rings. The predicted molar refractivity (Wildman–Crippen MR) is 82.6 cm³/mol. The molecule has 1 aromatic carbocycles. The Morgan fingerprint density at radius 2 is 2.00 bits per heavy atom. The van der Waals surface area contributed by atoms with Crippen LogP contribution in [0.5, 0.6) is 0 Å². The van der Waals surface area contributed by atoms with Gasteiger partial charge in [-0.05, 0) is 67.4 Å². The monoisotopic (exact) mass is 321 g/mol. The Hall–Kier alpha value is -1.13. The van der Waals surface area contributed by atoms with Gasteiger partial charge in [0, 0.05) is 22.8 Å². The fourth-order valence-electron chi connectivity index (χ4n) is 1.74. The van der Waals surface area contributed by atoms with E-state index in [-0.39, 0.29) is 5.54 Å². The lowest BCUT2D eigenvalue weighted by Crippen LogP contribution is -2.35. The van der Waals surface area contributed by atoms with E-state index in [0.717, 1.165) is 22.4 Å². The van der Waals surface area contributed by atoms with Crippen molar-refractivity contribution < 1.29 is 0 Å². The molecule has 0 unspecified atom stereocenters. The molecule has 0 radical (unpaired) electrons. The number of hydrogen-bond acceptors (Lipinski definition) is 2. The van der Waals surface area contributed by atoms with Crippen LogP contribution in [0.1, 0.15) is 32.0 Å². The molecule has 0 aliphatic rings. The Labute approximate surface area is 123 Å². The van der Waals surface area contributed by atoms with Crippen LogP contribution in [0.15, 0.2) is 34.9 Å². The van der Waals surface area contributed by atoms with E-state index >= 15 is 0 Å². The van der Waals surface area contributed by atoms with Gasteiger partial charge in [0.2, 0.25) is 0 Å². The third kappa shape index (κ3) is 3.91. The van der Waals surface area contributed by atoms with Crippen LogP contribution in [-0.2, 0) is 6.54 Å². The van der Waals surface area contributed by atoms with Crippen LogP contribution in [0.25, 0.3) is 5.69 Å². The Morgan fingerprint density at radius 1 is 1.26 bits per heavy atom. The first-order valence-electron chi connectivity index (χ1n) is 6.41. The summed E-state index contributed by atoms with van der Waals surface area (Å²) in [6, 6.07) is 8.31. The van der Waals surface area contributed by atoms with E-state index in [9.17, 15) is 0 Å². The lowest BCUT2D eigenvalue weighted by atomic mass is 10.1. The maximum Gasteiger partial charge on any atom is 0.0790 e. The van der Waals surface area contributed by atoms with E-state index in [4.69, 9.17) is 0 Å². The molecule has 0 atom stereocenters. The molecule has 4 heteroatoms. The number of benzene rings is 1. The van der Waals surface area contributed by atoms with Crippen molar-refractivity contribution >= 4 is 15.9 Å². The summed E-state index contributed by atoms with van der Waals surface area (Å²) < 4.78 is 2.97. The molecule has 0 amide bonds. The SMILES string of the molecule is Cc1ccc(Br)c(-n2ccc(CNC(C)(C)C)n2)c1. The number of nitrogens with one attached hydrogen (secondary N) is 1. The topological polar surface area (TPSA) is 29.9 Å². The van der Waals surface area contributed by atoms with E-state index < -0.39 is 0 Å². The van der Waals surface area contributed by atoms with Crippen LogP contribution in [0, 0.1) is 6.92 Å². The highest BCUT2D eigenvalue weighted by Gasteiger charge is 2.10. The van der Waals surface area contributed by atoms with E-state index in [0.29, 0.717) is 0 Å². The zero-order chi connectivity index (χ0) is 14.0. The predicted octanol–water partition coefficient (Wildman–Crippen LogP) is 3.83. The van der Waals surface area contributed by atoms with Gasteiger partial charge < -0.3 is 5.32 Å². The highest BCUT2D eigenvalue weighted by molar-refractivity contribution is 9.10. The Balaban J connectivity index is 2.19. The summed E-state index contributed by atoms with van der Waals surface area (Å²) in [5.74, 6) is 0. The molecule has 2 rings (SSSR count). The van der Waals surface area contributed by atoms with E-state index in [1.165, 1.54) is 5.56 Å². The van der Waals surface area contributed by atoms with Crippen LogP contribution in [0.3, 0.4) is 0 Å². The number of aryl methyl sites for hydroxylation is 1. The van der Waals surface area contributed by atoms with Crippen LogP contribution in [0.4, 0.5) is 0 Å². The van der Waals surface area contributed by atoms with E-state index in [1.807, 2.05) is 16.9 Å². The molecule has 0 spiro atoms. The Bertz CT molecular complexity index is 567. The average molecular weight is 322 g/mol. The first-order valence-corrected chi connectivity index (χ1v) is 7.20.